The Balaban J connectivity index is 1.74. The zero-order valence-electron chi connectivity index (χ0n) is 23.6. The molecule has 1 heterocycles. The molecule has 0 saturated carbocycles. The van der Waals surface area contributed by atoms with Crippen LogP contribution in [0.15, 0.2) is 24.4 Å². The van der Waals surface area contributed by atoms with Crippen molar-refractivity contribution in [3.05, 3.63) is 30.1 Å². The summed E-state index contributed by atoms with van der Waals surface area (Å²) >= 11 is 0. The Bertz CT molecular complexity index is 678. The van der Waals surface area contributed by atoms with Crippen molar-refractivity contribution in [3.8, 4) is 0 Å². The lowest BCUT2D eigenvalue weighted by Gasteiger charge is -2.09. The summed E-state index contributed by atoms with van der Waals surface area (Å²) in [5, 5.41) is 5.40. The number of alkyl carbamates (subject to hydrolysis) is 2. The highest BCUT2D eigenvalue weighted by Crippen LogP contribution is 2.12. The number of nitrogens with one attached hydrogen (secondary N) is 2. The van der Waals surface area contributed by atoms with Gasteiger partial charge >= 0.3 is 12.2 Å². The van der Waals surface area contributed by atoms with Gasteiger partial charge in [0.05, 0.1) is 38.7 Å². The molecule has 1 rings (SSSR count). The maximum atomic E-state index is 11.7. The van der Waals surface area contributed by atoms with E-state index in [0.29, 0.717) is 32.9 Å². The van der Waals surface area contributed by atoms with Crippen LogP contribution in [0.3, 0.4) is 0 Å². The van der Waals surface area contributed by atoms with Gasteiger partial charge in [-0.2, -0.15) is 0 Å². The molecule has 0 aliphatic heterocycles. The predicted octanol–water partition coefficient (Wildman–Crippen LogP) is 6.16. The van der Waals surface area contributed by atoms with Gasteiger partial charge in [0.15, 0.2) is 0 Å². The molecule has 218 valence electrons. The average Bonchev–Trinajstić information content (AvgIpc) is 2.93. The Labute approximate surface area is 229 Å². The van der Waals surface area contributed by atoms with Gasteiger partial charge in [0, 0.05) is 12.7 Å². The summed E-state index contributed by atoms with van der Waals surface area (Å²) in [5.74, 6) is 0. The summed E-state index contributed by atoms with van der Waals surface area (Å²) < 4.78 is 20.8. The van der Waals surface area contributed by atoms with E-state index in [1.807, 2.05) is 18.2 Å². The van der Waals surface area contributed by atoms with Crippen molar-refractivity contribution in [2.45, 2.75) is 96.9 Å². The van der Waals surface area contributed by atoms with E-state index in [9.17, 15) is 9.59 Å². The van der Waals surface area contributed by atoms with Gasteiger partial charge in [-0.1, -0.05) is 90.0 Å². The van der Waals surface area contributed by atoms with Gasteiger partial charge in [-0.25, -0.2) is 9.59 Å². The molecule has 38 heavy (non-hydrogen) atoms. The predicted molar refractivity (Wildman–Crippen MR) is 149 cm³/mol. The fraction of sp³-hybridized carbons (Fsp3) is 0.759. The van der Waals surface area contributed by atoms with Gasteiger partial charge in [0.25, 0.3) is 0 Å². The second-order valence-electron chi connectivity index (χ2n) is 9.34. The Morgan fingerprint density at radius 1 is 0.658 bits per heavy atom. The second-order valence-corrected chi connectivity index (χ2v) is 9.34. The molecule has 9 heteroatoms. The molecule has 2 amide bonds. The molecule has 9 nitrogen and oxygen atoms in total. The number of hydrogen-bond donors (Lipinski definition) is 2. The monoisotopic (exact) mass is 537 g/mol. The van der Waals surface area contributed by atoms with Crippen LogP contribution in [0.5, 0.6) is 0 Å². The minimum atomic E-state index is -0.514. The minimum absolute atomic E-state index is 0.149. The van der Waals surface area contributed by atoms with Crippen LogP contribution in [0.4, 0.5) is 9.59 Å². The SMILES string of the molecule is CCCCCCCCCCCCCCCNC(=O)OCCOCCOCCOC(=O)NCc1ccccn1. The van der Waals surface area contributed by atoms with Crippen molar-refractivity contribution in [1.29, 1.82) is 0 Å². The van der Waals surface area contributed by atoms with Crippen LogP contribution in [0.2, 0.25) is 0 Å². The van der Waals surface area contributed by atoms with Gasteiger partial charge in [-0.05, 0) is 18.6 Å². The molecule has 0 unspecified atom stereocenters. The summed E-state index contributed by atoms with van der Waals surface area (Å²) in [6.45, 7) is 4.89. The van der Waals surface area contributed by atoms with Crippen LogP contribution in [-0.2, 0) is 25.5 Å². The van der Waals surface area contributed by atoms with E-state index in [1.165, 1.54) is 70.6 Å². The van der Waals surface area contributed by atoms with Crippen LogP contribution >= 0.6 is 0 Å². The first-order valence-corrected chi connectivity index (χ1v) is 14.6. The smallest absolute Gasteiger partial charge is 0.407 e. The lowest BCUT2D eigenvalue weighted by atomic mass is 10.0. The molecule has 0 bridgehead atoms. The number of unbranched alkanes of at least 4 members (excludes halogenated alkanes) is 12. The molecule has 0 saturated heterocycles. The summed E-state index contributed by atoms with van der Waals surface area (Å²) in [5.41, 5.74) is 0.758. The van der Waals surface area contributed by atoms with Crippen LogP contribution in [0, 0.1) is 0 Å². The van der Waals surface area contributed by atoms with Crippen LogP contribution in [0.25, 0.3) is 0 Å². The van der Waals surface area contributed by atoms with Crippen LogP contribution in [0.1, 0.15) is 96.1 Å². The molecule has 0 spiro atoms. The van der Waals surface area contributed by atoms with Gasteiger partial charge in [-0.15, -0.1) is 0 Å². The van der Waals surface area contributed by atoms with Crippen molar-refractivity contribution in [1.82, 2.24) is 15.6 Å². The Hall–Kier alpha value is -2.39. The number of carbonyl (C=O) groups is 2. The fourth-order valence-electron chi connectivity index (χ4n) is 3.81. The third-order valence-corrected chi connectivity index (χ3v) is 5.98. The third-order valence-electron chi connectivity index (χ3n) is 5.98. The molecule has 0 fully saturated rings. The first-order valence-electron chi connectivity index (χ1n) is 14.6. The van der Waals surface area contributed by atoms with Gasteiger partial charge < -0.3 is 29.6 Å². The first kappa shape index (κ1) is 33.6. The Morgan fingerprint density at radius 3 is 1.68 bits per heavy atom. The molecular formula is C29H51N3O6. The third kappa shape index (κ3) is 22.8. The van der Waals surface area contributed by atoms with Gasteiger partial charge in [-0.3, -0.25) is 4.98 Å². The average molecular weight is 538 g/mol. The van der Waals surface area contributed by atoms with Crippen molar-refractivity contribution >= 4 is 12.2 Å². The lowest BCUT2D eigenvalue weighted by molar-refractivity contribution is 0.0155. The van der Waals surface area contributed by atoms with Gasteiger partial charge in [0.1, 0.15) is 13.2 Å². The normalized spacial score (nSPS) is 10.8. The number of amides is 2. The molecule has 0 aromatic carbocycles. The molecular weight excluding hydrogens is 486 g/mol. The van der Waals surface area contributed by atoms with E-state index in [0.717, 1.165) is 18.5 Å². The van der Waals surface area contributed by atoms with Crippen molar-refractivity contribution < 1.29 is 28.5 Å². The molecule has 2 N–H and O–H groups in total. The highest BCUT2D eigenvalue weighted by atomic mass is 16.6. The second kappa shape index (κ2) is 26.2. The molecule has 1 aromatic heterocycles. The van der Waals surface area contributed by atoms with E-state index in [1.54, 1.807) is 6.20 Å². The summed E-state index contributed by atoms with van der Waals surface area (Å²) in [6, 6.07) is 5.49. The summed E-state index contributed by atoms with van der Waals surface area (Å²) in [4.78, 5) is 27.4. The molecule has 0 aliphatic rings. The number of carbonyl (C=O) groups excluding carboxylic acids is 2. The number of aromatic nitrogens is 1. The fourth-order valence-corrected chi connectivity index (χ4v) is 3.81. The van der Waals surface area contributed by atoms with Crippen LogP contribution in [-0.4, -0.2) is 63.4 Å². The maximum Gasteiger partial charge on any atom is 0.407 e. The zero-order valence-corrected chi connectivity index (χ0v) is 23.6. The number of nitrogens with zero attached hydrogens (tertiary/aromatic N) is 1. The summed E-state index contributed by atoms with van der Waals surface area (Å²) in [7, 11) is 0. The van der Waals surface area contributed by atoms with E-state index in [4.69, 9.17) is 18.9 Å². The standard InChI is InChI=1S/C29H51N3O6/c1-2-3-4-5-6-7-8-9-10-11-12-13-15-19-31-28(33)37-24-22-35-20-21-36-23-25-38-29(34)32-26-27-17-14-16-18-30-27/h14,16-18H,2-13,15,19-26H2,1H3,(H,31,33)(H,32,34). The minimum Gasteiger partial charge on any atom is -0.447 e. The lowest BCUT2D eigenvalue weighted by Crippen LogP contribution is -2.26. The van der Waals surface area contributed by atoms with Crippen molar-refractivity contribution in [2.75, 3.05) is 46.2 Å². The highest BCUT2D eigenvalue weighted by molar-refractivity contribution is 5.67. The van der Waals surface area contributed by atoms with E-state index in [-0.39, 0.29) is 19.8 Å². The molecule has 1 aromatic rings. The van der Waals surface area contributed by atoms with Crippen molar-refractivity contribution in [2.24, 2.45) is 0 Å². The van der Waals surface area contributed by atoms with E-state index in [2.05, 4.69) is 22.5 Å². The molecule has 0 radical (unpaired) electrons. The molecule has 0 atom stereocenters. The number of hydrogen-bond acceptors (Lipinski definition) is 7. The number of pyridine rings is 1. The number of ether oxygens (including phenoxy) is 4. The topological polar surface area (TPSA) is 108 Å². The maximum absolute atomic E-state index is 11.7. The largest absolute Gasteiger partial charge is 0.447 e. The quantitative estimate of drug-likeness (QED) is 0.144. The zero-order chi connectivity index (χ0) is 27.4. The Kier molecular flexibility index (Phi) is 23.2. The van der Waals surface area contributed by atoms with Crippen molar-refractivity contribution in [3.63, 3.8) is 0 Å². The highest BCUT2D eigenvalue weighted by Gasteiger charge is 2.03. The van der Waals surface area contributed by atoms with E-state index >= 15 is 0 Å². The number of rotatable bonds is 25. The summed E-state index contributed by atoms with van der Waals surface area (Å²) in [6.07, 6.45) is 17.7. The molecule has 0 aliphatic carbocycles. The van der Waals surface area contributed by atoms with E-state index < -0.39 is 12.2 Å². The Morgan fingerprint density at radius 2 is 1.16 bits per heavy atom. The van der Waals surface area contributed by atoms with Gasteiger partial charge in [0.2, 0.25) is 0 Å². The first-order chi connectivity index (χ1) is 18.7. The van der Waals surface area contributed by atoms with Crippen LogP contribution < -0.4 is 10.6 Å².